The van der Waals surface area contributed by atoms with Crippen LogP contribution in [0, 0.1) is 0 Å². The van der Waals surface area contributed by atoms with Crippen molar-refractivity contribution in [1.29, 1.82) is 0 Å². The van der Waals surface area contributed by atoms with E-state index in [-0.39, 0.29) is 0 Å². The van der Waals surface area contributed by atoms with Gasteiger partial charge in [0.1, 0.15) is 6.61 Å². The lowest BCUT2D eigenvalue weighted by Crippen LogP contribution is -2.36. The number of carbonyl (C=O) groups excluding carboxylic acids is 1. The van der Waals surface area contributed by atoms with Crippen LogP contribution in [-0.2, 0) is 9.47 Å². The maximum Gasteiger partial charge on any atom is 0.430 e. The summed E-state index contributed by atoms with van der Waals surface area (Å²) in [7, 11) is 0. The molecule has 0 radical (unpaired) electrons. The van der Waals surface area contributed by atoms with Gasteiger partial charge in [-0.25, -0.2) is 4.79 Å². The van der Waals surface area contributed by atoms with E-state index in [2.05, 4.69) is 5.10 Å². The molecule has 1 aromatic rings. The van der Waals surface area contributed by atoms with Crippen molar-refractivity contribution in [1.82, 2.24) is 5.01 Å². The topological polar surface area (TPSA) is 51.1 Å². The average molecular weight is 269 g/mol. The number of hydrazone groups is 1. The van der Waals surface area contributed by atoms with Gasteiger partial charge in [0.2, 0.25) is 5.90 Å². The molecule has 1 aliphatic heterocycles. The third-order valence-corrected chi connectivity index (χ3v) is 2.58. The van der Waals surface area contributed by atoms with Crippen LogP contribution in [0.2, 0.25) is 5.02 Å². The molecule has 2 rings (SSSR count). The third-order valence-electron chi connectivity index (χ3n) is 2.32. The monoisotopic (exact) mass is 268 g/mol. The molecular formula is C12H13ClN2O3. The highest BCUT2D eigenvalue weighted by molar-refractivity contribution is 6.30. The maximum atomic E-state index is 11.5. The molecular weight excluding hydrogens is 256 g/mol. The van der Waals surface area contributed by atoms with Gasteiger partial charge in [-0.1, -0.05) is 11.6 Å². The van der Waals surface area contributed by atoms with Crippen LogP contribution in [0.3, 0.4) is 0 Å². The Labute approximate surface area is 110 Å². The summed E-state index contributed by atoms with van der Waals surface area (Å²) in [6.45, 7) is 2.85. The Morgan fingerprint density at radius 3 is 2.89 bits per heavy atom. The fourth-order valence-electron chi connectivity index (χ4n) is 1.48. The van der Waals surface area contributed by atoms with Gasteiger partial charge < -0.3 is 9.47 Å². The zero-order valence-electron chi connectivity index (χ0n) is 9.93. The minimum absolute atomic E-state index is 0.321. The van der Waals surface area contributed by atoms with E-state index in [1.165, 1.54) is 5.01 Å². The quantitative estimate of drug-likeness (QED) is 0.828. The lowest BCUT2D eigenvalue weighted by Gasteiger charge is -2.23. The van der Waals surface area contributed by atoms with Crippen molar-refractivity contribution in [2.75, 3.05) is 19.8 Å². The zero-order chi connectivity index (χ0) is 13.0. The lowest BCUT2D eigenvalue weighted by molar-refractivity contribution is 0.0905. The van der Waals surface area contributed by atoms with Crippen LogP contribution in [0.5, 0.6) is 0 Å². The van der Waals surface area contributed by atoms with Gasteiger partial charge in [-0.05, 0) is 31.2 Å². The molecule has 0 unspecified atom stereocenters. The first-order valence-electron chi connectivity index (χ1n) is 5.62. The second-order valence-electron chi connectivity index (χ2n) is 3.58. The summed E-state index contributed by atoms with van der Waals surface area (Å²) in [5.41, 5.74) is 0.772. The Hall–Kier alpha value is -1.75. The van der Waals surface area contributed by atoms with Gasteiger partial charge in [-0.15, -0.1) is 5.10 Å². The van der Waals surface area contributed by atoms with Crippen LogP contribution < -0.4 is 0 Å². The molecule has 1 aromatic carbocycles. The molecule has 0 bridgehead atoms. The van der Waals surface area contributed by atoms with E-state index >= 15 is 0 Å². The molecule has 0 fully saturated rings. The molecule has 0 spiro atoms. The van der Waals surface area contributed by atoms with E-state index in [0.29, 0.717) is 30.7 Å². The van der Waals surface area contributed by atoms with Crippen molar-refractivity contribution in [2.24, 2.45) is 5.10 Å². The number of amides is 1. The second kappa shape index (κ2) is 5.73. The summed E-state index contributed by atoms with van der Waals surface area (Å²) in [5, 5.41) is 6.01. The molecule has 0 saturated carbocycles. The van der Waals surface area contributed by atoms with Gasteiger partial charge in [0.15, 0.2) is 0 Å². The third kappa shape index (κ3) is 2.92. The minimum atomic E-state index is -0.465. The number of ether oxygens (including phenoxy) is 2. The summed E-state index contributed by atoms with van der Waals surface area (Å²) in [6, 6.07) is 7.06. The molecule has 0 atom stereocenters. The van der Waals surface area contributed by atoms with Crippen molar-refractivity contribution in [3.63, 3.8) is 0 Å². The van der Waals surface area contributed by atoms with Gasteiger partial charge in [-0.2, -0.15) is 5.01 Å². The van der Waals surface area contributed by atoms with Crippen LogP contribution in [0.25, 0.3) is 0 Å². The molecule has 1 aliphatic rings. The molecule has 1 heterocycles. The first-order valence-corrected chi connectivity index (χ1v) is 6.00. The van der Waals surface area contributed by atoms with E-state index in [4.69, 9.17) is 21.1 Å². The molecule has 1 amide bonds. The SMILES string of the molecule is CCOC(=O)N1CCOC(c2ccc(Cl)cc2)=N1. The number of hydrogen-bond acceptors (Lipinski definition) is 4. The van der Waals surface area contributed by atoms with E-state index in [0.717, 1.165) is 5.56 Å². The minimum Gasteiger partial charge on any atom is -0.474 e. The predicted molar refractivity (Wildman–Crippen MR) is 67.7 cm³/mol. The first kappa shape index (κ1) is 12.7. The molecule has 0 N–H and O–H groups in total. The van der Waals surface area contributed by atoms with Crippen LogP contribution in [-0.4, -0.2) is 36.8 Å². The van der Waals surface area contributed by atoms with Crippen LogP contribution >= 0.6 is 11.6 Å². The molecule has 6 heteroatoms. The summed E-state index contributed by atoms with van der Waals surface area (Å²) < 4.78 is 10.3. The number of halogens is 1. The number of rotatable bonds is 2. The van der Waals surface area contributed by atoms with Crippen molar-refractivity contribution >= 4 is 23.6 Å². The van der Waals surface area contributed by atoms with Crippen molar-refractivity contribution in [3.8, 4) is 0 Å². The van der Waals surface area contributed by atoms with Gasteiger partial charge in [-0.3, -0.25) is 0 Å². The standard InChI is InChI=1S/C12H13ClN2O3/c1-2-17-12(16)15-7-8-18-11(14-15)9-3-5-10(13)6-4-9/h3-6H,2,7-8H2,1H3. The van der Waals surface area contributed by atoms with Crippen LogP contribution in [0.1, 0.15) is 12.5 Å². The van der Waals surface area contributed by atoms with Gasteiger partial charge >= 0.3 is 6.09 Å². The second-order valence-corrected chi connectivity index (χ2v) is 4.02. The fourth-order valence-corrected chi connectivity index (χ4v) is 1.61. The van der Waals surface area contributed by atoms with Crippen LogP contribution in [0.15, 0.2) is 29.4 Å². The molecule has 5 nitrogen and oxygen atoms in total. The summed E-state index contributed by atoms with van der Waals surface area (Å²) in [6.07, 6.45) is -0.465. The Balaban J connectivity index is 2.17. The van der Waals surface area contributed by atoms with Crippen molar-refractivity contribution < 1.29 is 14.3 Å². The van der Waals surface area contributed by atoms with E-state index in [1.54, 1.807) is 31.2 Å². The molecule has 18 heavy (non-hydrogen) atoms. The number of carbonyl (C=O) groups is 1. The molecule has 0 aliphatic carbocycles. The normalized spacial score (nSPS) is 14.8. The largest absolute Gasteiger partial charge is 0.474 e. The van der Waals surface area contributed by atoms with E-state index in [9.17, 15) is 4.79 Å². The average Bonchev–Trinajstić information content (AvgIpc) is 2.40. The van der Waals surface area contributed by atoms with Gasteiger partial charge in [0.25, 0.3) is 0 Å². The van der Waals surface area contributed by atoms with E-state index in [1.807, 2.05) is 0 Å². The summed E-state index contributed by atoms with van der Waals surface area (Å²) in [4.78, 5) is 11.5. The Kier molecular flexibility index (Phi) is 4.04. The van der Waals surface area contributed by atoms with Crippen molar-refractivity contribution in [3.05, 3.63) is 34.9 Å². The van der Waals surface area contributed by atoms with E-state index < -0.39 is 6.09 Å². The molecule has 0 saturated heterocycles. The predicted octanol–water partition coefficient (Wildman–Crippen LogP) is 2.49. The highest BCUT2D eigenvalue weighted by Crippen LogP contribution is 2.13. The van der Waals surface area contributed by atoms with Gasteiger partial charge in [0.05, 0.1) is 13.2 Å². The maximum absolute atomic E-state index is 11.5. The Morgan fingerprint density at radius 2 is 2.22 bits per heavy atom. The highest BCUT2D eigenvalue weighted by atomic mass is 35.5. The highest BCUT2D eigenvalue weighted by Gasteiger charge is 2.21. The number of benzene rings is 1. The number of nitrogens with zero attached hydrogens (tertiary/aromatic N) is 2. The molecule has 96 valence electrons. The molecule has 0 aromatic heterocycles. The van der Waals surface area contributed by atoms with Gasteiger partial charge in [0, 0.05) is 10.6 Å². The van der Waals surface area contributed by atoms with Crippen LogP contribution in [0.4, 0.5) is 4.79 Å². The fraction of sp³-hybridized carbons (Fsp3) is 0.333. The summed E-state index contributed by atoms with van der Waals surface area (Å²) >= 11 is 5.81. The zero-order valence-corrected chi connectivity index (χ0v) is 10.7. The smallest absolute Gasteiger partial charge is 0.430 e. The summed E-state index contributed by atoms with van der Waals surface area (Å²) in [5.74, 6) is 0.394. The Morgan fingerprint density at radius 1 is 1.50 bits per heavy atom. The van der Waals surface area contributed by atoms with Crippen molar-refractivity contribution in [2.45, 2.75) is 6.92 Å². The lowest BCUT2D eigenvalue weighted by atomic mass is 10.2. The first-order chi connectivity index (χ1) is 8.70. The Bertz CT molecular complexity index is 459. The number of hydrogen-bond donors (Lipinski definition) is 0.